The Hall–Kier alpha value is -0.870. The van der Waals surface area contributed by atoms with Crippen LogP contribution in [0.4, 0.5) is 0 Å². The molecule has 0 aliphatic carbocycles. The standard InChI is InChI=1S/C9H18N4/c1-3-13(4-2)9(5-10)8-6-11-7-12-8/h6-7,9H,3-5,10H2,1-2H3,(H,11,12). The molecule has 1 unspecified atom stereocenters. The van der Waals surface area contributed by atoms with E-state index in [0.717, 1.165) is 18.8 Å². The Morgan fingerprint density at radius 1 is 1.54 bits per heavy atom. The minimum absolute atomic E-state index is 0.275. The summed E-state index contributed by atoms with van der Waals surface area (Å²) in [4.78, 5) is 9.42. The minimum atomic E-state index is 0.275. The fourth-order valence-corrected chi connectivity index (χ4v) is 1.59. The van der Waals surface area contributed by atoms with Crippen LogP contribution in [0.25, 0.3) is 0 Å². The Labute approximate surface area is 79.1 Å². The topological polar surface area (TPSA) is 57.9 Å². The van der Waals surface area contributed by atoms with Crippen LogP contribution in [-0.2, 0) is 0 Å². The first-order valence-corrected chi connectivity index (χ1v) is 4.75. The van der Waals surface area contributed by atoms with E-state index in [0.29, 0.717) is 6.54 Å². The number of H-pyrrole nitrogens is 1. The predicted molar refractivity (Wildman–Crippen MR) is 53.3 cm³/mol. The van der Waals surface area contributed by atoms with E-state index < -0.39 is 0 Å². The van der Waals surface area contributed by atoms with E-state index >= 15 is 0 Å². The highest BCUT2D eigenvalue weighted by atomic mass is 15.2. The number of rotatable bonds is 5. The summed E-state index contributed by atoms with van der Waals surface area (Å²) in [5, 5.41) is 0. The third kappa shape index (κ3) is 2.29. The smallest absolute Gasteiger partial charge is 0.0922 e. The zero-order chi connectivity index (χ0) is 9.68. The molecule has 0 aliphatic heterocycles. The summed E-state index contributed by atoms with van der Waals surface area (Å²) in [7, 11) is 0. The Morgan fingerprint density at radius 3 is 2.62 bits per heavy atom. The van der Waals surface area contributed by atoms with Crippen LogP contribution in [0.3, 0.4) is 0 Å². The maximum atomic E-state index is 5.73. The first-order valence-electron chi connectivity index (χ1n) is 4.75. The molecule has 0 bridgehead atoms. The highest BCUT2D eigenvalue weighted by molar-refractivity contribution is 5.03. The molecule has 1 heterocycles. The van der Waals surface area contributed by atoms with Gasteiger partial charge in [-0.1, -0.05) is 13.8 Å². The molecule has 0 aromatic carbocycles. The van der Waals surface area contributed by atoms with Crippen molar-refractivity contribution in [1.82, 2.24) is 14.9 Å². The van der Waals surface area contributed by atoms with Gasteiger partial charge in [0, 0.05) is 12.7 Å². The van der Waals surface area contributed by atoms with Gasteiger partial charge in [0.05, 0.1) is 18.1 Å². The van der Waals surface area contributed by atoms with Crippen molar-refractivity contribution in [2.45, 2.75) is 19.9 Å². The van der Waals surface area contributed by atoms with Crippen molar-refractivity contribution in [3.63, 3.8) is 0 Å². The predicted octanol–water partition coefficient (Wildman–Crippen LogP) is 0.751. The van der Waals surface area contributed by atoms with E-state index in [1.807, 2.05) is 6.20 Å². The summed E-state index contributed by atoms with van der Waals surface area (Å²) in [6, 6.07) is 0.275. The van der Waals surface area contributed by atoms with Gasteiger partial charge in [0.25, 0.3) is 0 Å². The summed E-state index contributed by atoms with van der Waals surface area (Å²) in [5.74, 6) is 0. The number of likely N-dealkylation sites (N-methyl/N-ethyl adjacent to an activating group) is 1. The summed E-state index contributed by atoms with van der Waals surface area (Å²) in [5.41, 5.74) is 6.83. The fraction of sp³-hybridized carbons (Fsp3) is 0.667. The van der Waals surface area contributed by atoms with Gasteiger partial charge in [-0.2, -0.15) is 0 Å². The molecule has 13 heavy (non-hydrogen) atoms. The zero-order valence-electron chi connectivity index (χ0n) is 8.33. The number of nitrogens with one attached hydrogen (secondary N) is 1. The average molecular weight is 182 g/mol. The molecule has 74 valence electrons. The van der Waals surface area contributed by atoms with Crippen LogP contribution in [0, 0.1) is 0 Å². The second-order valence-electron chi connectivity index (χ2n) is 2.98. The van der Waals surface area contributed by atoms with E-state index in [4.69, 9.17) is 5.73 Å². The van der Waals surface area contributed by atoms with Gasteiger partial charge in [-0.15, -0.1) is 0 Å². The Kier molecular flexibility index (Phi) is 3.92. The quantitative estimate of drug-likeness (QED) is 0.706. The number of aromatic amines is 1. The Morgan fingerprint density at radius 2 is 2.23 bits per heavy atom. The second kappa shape index (κ2) is 4.99. The molecule has 1 rings (SSSR count). The third-order valence-electron chi connectivity index (χ3n) is 2.35. The summed E-state index contributed by atoms with van der Waals surface area (Å²) < 4.78 is 0. The number of hydrogen-bond donors (Lipinski definition) is 2. The van der Waals surface area contributed by atoms with Crippen molar-refractivity contribution in [3.8, 4) is 0 Å². The van der Waals surface area contributed by atoms with Crippen LogP contribution in [0.1, 0.15) is 25.6 Å². The molecule has 0 saturated carbocycles. The van der Waals surface area contributed by atoms with Crippen LogP contribution in [0.2, 0.25) is 0 Å². The van der Waals surface area contributed by atoms with E-state index in [2.05, 4.69) is 28.7 Å². The molecule has 4 heteroatoms. The summed E-state index contributed by atoms with van der Waals surface area (Å²) in [6.07, 6.45) is 3.54. The molecule has 0 fully saturated rings. The Bertz CT molecular complexity index is 216. The fourth-order valence-electron chi connectivity index (χ4n) is 1.59. The molecule has 0 aliphatic rings. The lowest BCUT2D eigenvalue weighted by Crippen LogP contribution is -2.33. The number of nitrogens with two attached hydrogens (primary N) is 1. The van der Waals surface area contributed by atoms with Crippen LogP contribution in [0.15, 0.2) is 12.5 Å². The molecule has 1 aromatic heterocycles. The molecule has 0 radical (unpaired) electrons. The van der Waals surface area contributed by atoms with Crippen LogP contribution < -0.4 is 5.73 Å². The molecule has 1 atom stereocenters. The largest absolute Gasteiger partial charge is 0.347 e. The van der Waals surface area contributed by atoms with Gasteiger partial charge in [0.1, 0.15) is 0 Å². The van der Waals surface area contributed by atoms with Crippen molar-refractivity contribution in [1.29, 1.82) is 0 Å². The van der Waals surface area contributed by atoms with E-state index in [1.165, 1.54) is 0 Å². The van der Waals surface area contributed by atoms with Crippen LogP contribution in [0.5, 0.6) is 0 Å². The maximum absolute atomic E-state index is 5.73. The summed E-state index contributed by atoms with van der Waals surface area (Å²) >= 11 is 0. The SMILES string of the molecule is CCN(CC)C(CN)c1cnc[nH]1. The maximum Gasteiger partial charge on any atom is 0.0922 e. The van der Waals surface area contributed by atoms with Gasteiger partial charge < -0.3 is 10.7 Å². The first-order chi connectivity index (χ1) is 6.33. The van der Waals surface area contributed by atoms with Gasteiger partial charge >= 0.3 is 0 Å². The number of hydrogen-bond acceptors (Lipinski definition) is 3. The number of imidazole rings is 1. The molecular formula is C9H18N4. The van der Waals surface area contributed by atoms with Crippen molar-refractivity contribution in [2.24, 2.45) is 5.73 Å². The molecule has 0 spiro atoms. The van der Waals surface area contributed by atoms with Crippen LogP contribution >= 0.6 is 0 Å². The lowest BCUT2D eigenvalue weighted by atomic mass is 10.2. The van der Waals surface area contributed by atoms with Crippen molar-refractivity contribution in [2.75, 3.05) is 19.6 Å². The first kappa shape index (κ1) is 10.2. The third-order valence-corrected chi connectivity index (χ3v) is 2.35. The van der Waals surface area contributed by atoms with Crippen molar-refractivity contribution >= 4 is 0 Å². The van der Waals surface area contributed by atoms with Gasteiger partial charge in [0.2, 0.25) is 0 Å². The van der Waals surface area contributed by atoms with Gasteiger partial charge in [0.15, 0.2) is 0 Å². The molecule has 0 saturated heterocycles. The van der Waals surface area contributed by atoms with Crippen molar-refractivity contribution in [3.05, 3.63) is 18.2 Å². The highest BCUT2D eigenvalue weighted by Crippen LogP contribution is 2.15. The second-order valence-corrected chi connectivity index (χ2v) is 2.98. The summed E-state index contributed by atoms with van der Waals surface area (Å²) in [6.45, 7) is 6.93. The molecule has 3 N–H and O–H groups in total. The normalized spacial score (nSPS) is 13.5. The van der Waals surface area contributed by atoms with Crippen molar-refractivity contribution < 1.29 is 0 Å². The molecule has 0 amide bonds. The Balaban J connectivity index is 2.72. The minimum Gasteiger partial charge on any atom is -0.347 e. The van der Waals surface area contributed by atoms with Gasteiger partial charge in [-0.3, -0.25) is 4.90 Å². The lowest BCUT2D eigenvalue weighted by molar-refractivity contribution is 0.220. The lowest BCUT2D eigenvalue weighted by Gasteiger charge is -2.27. The molecular weight excluding hydrogens is 164 g/mol. The van der Waals surface area contributed by atoms with E-state index in [9.17, 15) is 0 Å². The van der Waals surface area contributed by atoms with E-state index in [-0.39, 0.29) is 6.04 Å². The van der Waals surface area contributed by atoms with Gasteiger partial charge in [-0.25, -0.2) is 4.98 Å². The van der Waals surface area contributed by atoms with Gasteiger partial charge in [-0.05, 0) is 13.1 Å². The average Bonchev–Trinajstić information content (AvgIpc) is 2.66. The number of aromatic nitrogens is 2. The van der Waals surface area contributed by atoms with E-state index in [1.54, 1.807) is 6.33 Å². The zero-order valence-corrected chi connectivity index (χ0v) is 8.33. The number of nitrogens with zero attached hydrogens (tertiary/aromatic N) is 2. The monoisotopic (exact) mass is 182 g/mol. The molecule has 1 aromatic rings. The highest BCUT2D eigenvalue weighted by Gasteiger charge is 2.16. The molecule has 4 nitrogen and oxygen atoms in total. The van der Waals surface area contributed by atoms with Crippen LogP contribution in [-0.4, -0.2) is 34.5 Å².